The summed E-state index contributed by atoms with van der Waals surface area (Å²) in [5.41, 5.74) is 2.43. The van der Waals surface area contributed by atoms with E-state index < -0.39 is 5.60 Å². The lowest BCUT2D eigenvalue weighted by molar-refractivity contribution is -0.145. The van der Waals surface area contributed by atoms with Gasteiger partial charge >= 0.3 is 5.97 Å². The van der Waals surface area contributed by atoms with E-state index in [-0.39, 0.29) is 12.6 Å². The van der Waals surface area contributed by atoms with Gasteiger partial charge in [-0.05, 0) is 23.1 Å². The van der Waals surface area contributed by atoms with Gasteiger partial charge in [0.25, 0.3) is 0 Å². The minimum atomic E-state index is -0.757. The topological polar surface area (TPSA) is 137 Å². The molecule has 0 atom stereocenters. The SMILES string of the molecule is CCCCCC(=O)OCCOCCOCCOCCOCCOCCOCCOCCOCCOCCOCCOCCOC(c1ccccc1)(c1ccccc1)c1ccccc1. The van der Waals surface area contributed by atoms with Crippen molar-refractivity contribution in [1.29, 1.82) is 0 Å². The summed E-state index contributed by atoms with van der Waals surface area (Å²) in [5.74, 6) is -0.162. The summed E-state index contributed by atoms with van der Waals surface area (Å²) < 4.78 is 73.0. The van der Waals surface area contributed by atoms with Gasteiger partial charge in [-0.2, -0.15) is 0 Å². The Morgan fingerprint density at radius 3 is 0.873 bits per heavy atom. The van der Waals surface area contributed by atoms with Crippen LogP contribution in [-0.4, -0.2) is 165 Å². The molecule has 14 heteroatoms. The first-order chi connectivity index (χ1) is 31.3. The van der Waals surface area contributed by atoms with Crippen LogP contribution in [0.25, 0.3) is 0 Å². The number of carbonyl (C=O) groups is 1. The summed E-state index contributed by atoms with van der Waals surface area (Å²) in [7, 11) is 0. The van der Waals surface area contributed by atoms with Crippen LogP contribution in [0.4, 0.5) is 0 Å². The van der Waals surface area contributed by atoms with Crippen LogP contribution in [0.5, 0.6) is 0 Å². The Hall–Kier alpha value is -3.35. The highest BCUT2D eigenvalue weighted by Crippen LogP contribution is 2.40. The zero-order valence-corrected chi connectivity index (χ0v) is 37.7. The molecule has 0 heterocycles. The van der Waals surface area contributed by atoms with Gasteiger partial charge in [0.2, 0.25) is 0 Å². The number of hydrogen-bond acceptors (Lipinski definition) is 14. The Morgan fingerprint density at radius 1 is 0.349 bits per heavy atom. The molecule has 0 aliphatic heterocycles. The van der Waals surface area contributed by atoms with Crippen molar-refractivity contribution in [3.05, 3.63) is 108 Å². The predicted molar refractivity (Wildman–Crippen MR) is 239 cm³/mol. The van der Waals surface area contributed by atoms with E-state index in [0.717, 1.165) is 36.0 Å². The lowest BCUT2D eigenvalue weighted by atomic mass is 9.80. The Balaban J connectivity index is 0.995. The monoisotopic (exact) mass is 887 g/mol. The van der Waals surface area contributed by atoms with Crippen molar-refractivity contribution in [2.75, 3.05) is 159 Å². The van der Waals surface area contributed by atoms with Gasteiger partial charge in [0.05, 0.1) is 152 Å². The number of benzene rings is 3. The molecule has 14 nitrogen and oxygen atoms in total. The highest BCUT2D eigenvalue weighted by Gasteiger charge is 2.37. The number of carbonyl (C=O) groups excluding carboxylic acids is 1. The molecular formula is C49H74O14. The van der Waals surface area contributed by atoms with E-state index in [4.69, 9.17) is 61.6 Å². The molecule has 0 N–H and O–H groups in total. The molecule has 0 saturated heterocycles. The van der Waals surface area contributed by atoms with Crippen molar-refractivity contribution in [3.63, 3.8) is 0 Å². The number of hydrogen-bond donors (Lipinski definition) is 0. The Bertz CT molecular complexity index is 1340. The van der Waals surface area contributed by atoms with Gasteiger partial charge in [-0.25, -0.2) is 0 Å². The van der Waals surface area contributed by atoms with Crippen molar-refractivity contribution < 1.29 is 66.4 Å². The van der Waals surface area contributed by atoms with Crippen LogP contribution in [0, 0.1) is 0 Å². The first-order valence-electron chi connectivity index (χ1n) is 22.6. The van der Waals surface area contributed by atoms with Gasteiger partial charge in [-0.3, -0.25) is 4.79 Å². The van der Waals surface area contributed by atoms with Crippen LogP contribution >= 0.6 is 0 Å². The second-order valence-corrected chi connectivity index (χ2v) is 14.0. The lowest BCUT2D eigenvalue weighted by Crippen LogP contribution is -2.34. The maximum atomic E-state index is 11.5. The Kier molecular flexibility index (Phi) is 33.5. The van der Waals surface area contributed by atoms with Crippen LogP contribution in [0.15, 0.2) is 91.0 Å². The van der Waals surface area contributed by atoms with Crippen LogP contribution in [0.1, 0.15) is 49.3 Å². The molecule has 3 aromatic carbocycles. The van der Waals surface area contributed by atoms with E-state index in [0.29, 0.717) is 158 Å². The quantitative estimate of drug-likeness (QED) is 0.0357. The van der Waals surface area contributed by atoms with Crippen LogP contribution in [-0.2, 0) is 72.0 Å². The maximum Gasteiger partial charge on any atom is 0.305 e. The van der Waals surface area contributed by atoms with E-state index in [9.17, 15) is 4.79 Å². The maximum absolute atomic E-state index is 11.5. The van der Waals surface area contributed by atoms with E-state index in [1.807, 2.05) is 54.6 Å². The van der Waals surface area contributed by atoms with Crippen molar-refractivity contribution in [3.8, 4) is 0 Å². The highest BCUT2D eigenvalue weighted by molar-refractivity contribution is 5.69. The summed E-state index contributed by atoms with van der Waals surface area (Å²) in [4.78, 5) is 11.5. The predicted octanol–water partition coefficient (Wildman–Crippen LogP) is 6.30. The largest absolute Gasteiger partial charge is 0.463 e. The van der Waals surface area contributed by atoms with E-state index in [2.05, 4.69) is 43.3 Å². The second kappa shape index (κ2) is 39.1. The zero-order chi connectivity index (χ0) is 44.4. The van der Waals surface area contributed by atoms with Gasteiger partial charge < -0.3 is 61.6 Å². The van der Waals surface area contributed by atoms with Crippen molar-refractivity contribution in [1.82, 2.24) is 0 Å². The molecule has 0 aliphatic carbocycles. The summed E-state index contributed by atoms with van der Waals surface area (Å²) in [6, 6.07) is 31.0. The molecule has 0 aromatic heterocycles. The summed E-state index contributed by atoms with van der Waals surface area (Å²) >= 11 is 0. The molecule has 0 saturated carbocycles. The number of esters is 1. The summed E-state index contributed by atoms with van der Waals surface area (Å²) in [6.45, 7) is 13.2. The normalized spacial score (nSPS) is 11.6. The first kappa shape index (κ1) is 54.0. The van der Waals surface area contributed by atoms with Crippen molar-refractivity contribution in [2.24, 2.45) is 0 Å². The molecule has 0 radical (unpaired) electrons. The fourth-order valence-corrected chi connectivity index (χ4v) is 6.13. The van der Waals surface area contributed by atoms with E-state index >= 15 is 0 Å². The van der Waals surface area contributed by atoms with E-state index in [1.165, 1.54) is 0 Å². The molecule has 0 spiro atoms. The molecular weight excluding hydrogens is 813 g/mol. The molecule has 0 aliphatic rings. The molecule has 3 aromatic rings. The van der Waals surface area contributed by atoms with Crippen LogP contribution in [0.2, 0.25) is 0 Å². The van der Waals surface area contributed by atoms with Gasteiger partial charge in [-0.1, -0.05) is 111 Å². The summed E-state index contributed by atoms with van der Waals surface area (Å²) in [5, 5.41) is 0. The molecule has 0 amide bonds. The smallest absolute Gasteiger partial charge is 0.305 e. The van der Waals surface area contributed by atoms with Crippen LogP contribution in [0.3, 0.4) is 0 Å². The Labute approximate surface area is 375 Å². The zero-order valence-electron chi connectivity index (χ0n) is 37.7. The Morgan fingerprint density at radius 2 is 0.603 bits per heavy atom. The standard InChI is InChI=1S/C49H74O14/c1-2-3-7-20-48(50)62-43-41-60-39-37-58-35-33-56-31-29-54-27-25-52-23-21-51-22-24-53-26-28-55-30-32-57-34-36-59-38-40-61-42-44-63-49(45-14-8-4-9-15-45,46-16-10-5-11-17-46)47-18-12-6-13-19-47/h4-6,8-19H,2-3,7,20-44H2,1H3. The van der Waals surface area contributed by atoms with Gasteiger partial charge in [-0.15, -0.1) is 0 Å². The number of rotatable bonds is 44. The fourth-order valence-electron chi connectivity index (χ4n) is 6.13. The molecule has 0 unspecified atom stereocenters. The molecule has 3 rings (SSSR count). The molecule has 63 heavy (non-hydrogen) atoms. The third-order valence-corrected chi connectivity index (χ3v) is 9.28. The van der Waals surface area contributed by atoms with Gasteiger partial charge in [0.15, 0.2) is 0 Å². The molecule has 0 fully saturated rings. The second-order valence-electron chi connectivity index (χ2n) is 14.0. The minimum absolute atomic E-state index is 0.162. The fraction of sp³-hybridized carbons (Fsp3) is 0.612. The highest BCUT2D eigenvalue weighted by atomic mass is 16.6. The summed E-state index contributed by atoms with van der Waals surface area (Å²) in [6.07, 6.45) is 3.48. The third kappa shape index (κ3) is 26.3. The van der Waals surface area contributed by atoms with Gasteiger partial charge in [0, 0.05) is 6.42 Å². The minimum Gasteiger partial charge on any atom is -0.463 e. The van der Waals surface area contributed by atoms with Crippen molar-refractivity contribution in [2.45, 2.75) is 38.2 Å². The molecule has 354 valence electrons. The first-order valence-corrected chi connectivity index (χ1v) is 22.6. The third-order valence-electron chi connectivity index (χ3n) is 9.28. The average molecular weight is 887 g/mol. The van der Waals surface area contributed by atoms with Crippen molar-refractivity contribution >= 4 is 5.97 Å². The lowest BCUT2D eigenvalue weighted by Gasteiger charge is -2.36. The molecule has 0 bridgehead atoms. The van der Waals surface area contributed by atoms with E-state index in [1.54, 1.807) is 0 Å². The number of ether oxygens (including phenoxy) is 13. The number of unbranched alkanes of at least 4 members (excludes halogenated alkanes) is 2. The average Bonchev–Trinajstić information content (AvgIpc) is 3.32. The van der Waals surface area contributed by atoms with Gasteiger partial charge in [0.1, 0.15) is 12.2 Å². The van der Waals surface area contributed by atoms with Crippen LogP contribution < -0.4 is 0 Å².